The Morgan fingerprint density at radius 2 is 2.19 bits per heavy atom. The van der Waals surface area contributed by atoms with Crippen molar-refractivity contribution in [2.75, 3.05) is 26.3 Å². The van der Waals surface area contributed by atoms with Crippen LogP contribution in [0.1, 0.15) is 12.8 Å². The Labute approximate surface area is 93.6 Å². The highest BCUT2D eigenvalue weighted by Gasteiger charge is 2.53. The van der Waals surface area contributed by atoms with Crippen LogP contribution in [0.2, 0.25) is 0 Å². The molecule has 2 heterocycles. The fraction of sp³-hybridized carbons (Fsp3) is 0.727. The minimum atomic E-state index is -0.633. The molecule has 0 aromatic rings. The molecule has 3 aliphatic rings. The molecule has 16 heavy (non-hydrogen) atoms. The normalized spacial score (nSPS) is 27.3. The van der Waals surface area contributed by atoms with E-state index < -0.39 is 5.60 Å². The molecular formula is C11H15NO4. The standard InChI is InChI=1S/C11H15NO4/c13-10(9-5-15-3-4-16-9)12-6-11(14,7-12)8-1-2-8/h5,8,14H,1-4,6-7H2. The molecule has 0 aromatic heterocycles. The Morgan fingerprint density at radius 3 is 2.75 bits per heavy atom. The third kappa shape index (κ3) is 1.55. The van der Waals surface area contributed by atoms with Crippen molar-refractivity contribution in [3.63, 3.8) is 0 Å². The summed E-state index contributed by atoms with van der Waals surface area (Å²) < 4.78 is 10.2. The van der Waals surface area contributed by atoms with Crippen molar-refractivity contribution in [3.05, 3.63) is 12.0 Å². The third-order valence-corrected chi connectivity index (χ3v) is 3.41. The second kappa shape index (κ2) is 3.38. The summed E-state index contributed by atoms with van der Waals surface area (Å²) in [5.74, 6) is 0.475. The number of β-amino-alcohol motifs (C(OH)–C–C–N with tert-alkyl or cyclic N) is 1. The summed E-state index contributed by atoms with van der Waals surface area (Å²) in [6.45, 7) is 1.76. The van der Waals surface area contributed by atoms with Crippen LogP contribution in [0, 0.1) is 5.92 Å². The van der Waals surface area contributed by atoms with E-state index in [4.69, 9.17) is 9.47 Å². The molecule has 0 aromatic carbocycles. The van der Waals surface area contributed by atoms with Crippen LogP contribution in [-0.4, -0.2) is 47.8 Å². The van der Waals surface area contributed by atoms with E-state index in [1.165, 1.54) is 6.26 Å². The number of rotatable bonds is 2. The largest absolute Gasteiger partial charge is 0.494 e. The van der Waals surface area contributed by atoms with Gasteiger partial charge in [-0.2, -0.15) is 0 Å². The number of aliphatic hydroxyl groups is 1. The number of ether oxygens (including phenoxy) is 2. The Balaban J connectivity index is 1.59. The molecule has 2 aliphatic heterocycles. The summed E-state index contributed by atoms with van der Waals surface area (Å²) in [5.41, 5.74) is -0.633. The van der Waals surface area contributed by atoms with E-state index in [2.05, 4.69) is 0 Å². The Hall–Kier alpha value is -1.23. The second-order valence-electron chi connectivity index (χ2n) is 4.74. The van der Waals surface area contributed by atoms with Crippen molar-refractivity contribution in [1.29, 1.82) is 0 Å². The molecule has 2 fully saturated rings. The van der Waals surface area contributed by atoms with Crippen LogP contribution >= 0.6 is 0 Å². The van der Waals surface area contributed by atoms with Gasteiger partial charge >= 0.3 is 0 Å². The molecule has 88 valence electrons. The van der Waals surface area contributed by atoms with Crippen LogP contribution in [-0.2, 0) is 14.3 Å². The Bertz CT molecular complexity index is 342. The van der Waals surface area contributed by atoms with Gasteiger partial charge in [0.15, 0.2) is 0 Å². The summed E-state index contributed by atoms with van der Waals surface area (Å²) in [5, 5.41) is 10.1. The molecule has 5 heteroatoms. The zero-order chi connectivity index (χ0) is 11.2. The van der Waals surface area contributed by atoms with E-state index in [-0.39, 0.29) is 11.7 Å². The van der Waals surface area contributed by atoms with Gasteiger partial charge in [-0.05, 0) is 18.8 Å². The molecule has 0 radical (unpaired) electrons. The van der Waals surface area contributed by atoms with Crippen molar-refractivity contribution in [1.82, 2.24) is 4.90 Å². The van der Waals surface area contributed by atoms with Crippen molar-refractivity contribution in [2.45, 2.75) is 18.4 Å². The molecule has 1 amide bonds. The highest BCUT2D eigenvalue weighted by molar-refractivity contribution is 5.92. The zero-order valence-corrected chi connectivity index (χ0v) is 9.02. The van der Waals surface area contributed by atoms with Gasteiger partial charge in [0.2, 0.25) is 5.76 Å². The average molecular weight is 225 g/mol. The molecule has 1 saturated heterocycles. The summed E-state index contributed by atoms with van der Waals surface area (Å²) in [7, 11) is 0. The SMILES string of the molecule is O=C(C1=COCCO1)N1CC(O)(C2CC2)C1. The maximum Gasteiger partial charge on any atom is 0.292 e. The summed E-state index contributed by atoms with van der Waals surface area (Å²) in [6, 6.07) is 0. The smallest absolute Gasteiger partial charge is 0.292 e. The molecule has 5 nitrogen and oxygen atoms in total. The summed E-state index contributed by atoms with van der Waals surface area (Å²) in [6.07, 6.45) is 3.53. The molecule has 1 aliphatic carbocycles. The minimum Gasteiger partial charge on any atom is -0.494 e. The van der Waals surface area contributed by atoms with Gasteiger partial charge in [-0.1, -0.05) is 0 Å². The lowest BCUT2D eigenvalue weighted by atomic mass is 9.88. The van der Waals surface area contributed by atoms with Crippen molar-refractivity contribution < 1.29 is 19.4 Å². The van der Waals surface area contributed by atoms with Crippen LogP contribution in [0.5, 0.6) is 0 Å². The number of nitrogens with zero attached hydrogens (tertiary/aromatic N) is 1. The molecular weight excluding hydrogens is 210 g/mol. The number of amides is 1. The molecule has 1 N–H and O–H groups in total. The summed E-state index contributed by atoms with van der Waals surface area (Å²) in [4.78, 5) is 13.5. The molecule has 1 saturated carbocycles. The molecule has 0 unspecified atom stereocenters. The first-order chi connectivity index (χ1) is 7.69. The first-order valence-electron chi connectivity index (χ1n) is 5.65. The minimum absolute atomic E-state index is 0.176. The van der Waals surface area contributed by atoms with Gasteiger partial charge in [0.05, 0.1) is 13.1 Å². The van der Waals surface area contributed by atoms with E-state index in [1.807, 2.05) is 0 Å². The number of carbonyl (C=O) groups excluding carboxylic acids is 1. The van der Waals surface area contributed by atoms with Gasteiger partial charge in [-0.15, -0.1) is 0 Å². The lowest BCUT2D eigenvalue weighted by molar-refractivity contribution is -0.159. The molecule has 0 atom stereocenters. The first-order valence-corrected chi connectivity index (χ1v) is 5.65. The second-order valence-corrected chi connectivity index (χ2v) is 4.74. The monoisotopic (exact) mass is 225 g/mol. The summed E-state index contributed by atoms with van der Waals surface area (Å²) >= 11 is 0. The first kappa shape index (κ1) is 9.96. The van der Waals surface area contributed by atoms with Gasteiger partial charge in [0.25, 0.3) is 5.91 Å². The van der Waals surface area contributed by atoms with Gasteiger partial charge in [-0.3, -0.25) is 4.79 Å². The Kier molecular flexibility index (Phi) is 2.10. The van der Waals surface area contributed by atoms with Crippen LogP contribution < -0.4 is 0 Å². The van der Waals surface area contributed by atoms with E-state index in [1.54, 1.807) is 4.90 Å². The van der Waals surface area contributed by atoms with Gasteiger partial charge in [0, 0.05) is 0 Å². The fourth-order valence-corrected chi connectivity index (χ4v) is 2.27. The quantitative estimate of drug-likeness (QED) is 0.710. The highest BCUT2D eigenvalue weighted by atomic mass is 16.6. The third-order valence-electron chi connectivity index (χ3n) is 3.41. The maximum absolute atomic E-state index is 11.9. The van der Waals surface area contributed by atoms with Crippen molar-refractivity contribution in [3.8, 4) is 0 Å². The van der Waals surface area contributed by atoms with Crippen molar-refractivity contribution in [2.24, 2.45) is 5.92 Å². The van der Waals surface area contributed by atoms with Gasteiger partial charge in [0.1, 0.15) is 25.1 Å². The zero-order valence-electron chi connectivity index (χ0n) is 9.02. The van der Waals surface area contributed by atoms with E-state index in [9.17, 15) is 9.90 Å². The number of hydrogen-bond acceptors (Lipinski definition) is 4. The van der Waals surface area contributed by atoms with Crippen LogP contribution in [0.4, 0.5) is 0 Å². The van der Waals surface area contributed by atoms with E-state index in [0.29, 0.717) is 32.2 Å². The van der Waals surface area contributed by atoms with Gasteiger partial charge in [-0.25, -0.2) is 0 Å². The van der Waals surface area contributed by atoms with E-state index >= 15 is 0 Å². The maximum atomic E-state index is 11.9. The topological polar surface area (TPSA) is 59.0 Å². The average Bonchev–Trinajstić information content (AvgIpc) is 3.09. The number of likely N-dealkylation sites (tertiary alicyclic amines) is 1. The number of carbonyl (C=O) groups is 1. The lowest BCUT2D eigenvalue weighted by Gasteiger charge is -2.47. The van der Waals surface area contributed by atoms with Crippen LogP contribution in [0.15, 0.2) is 12.0 Å². The van der Waals surface area contributed by atoms with Gasteiger partial charge < -0.3 is 19.5 Å². The fourth-order valence-electron chi connectivity index (χ4n) is 2.27. The van der Waals surface area contributed by atoms with Crippen LogP contribution in [0.3, 0.4) is 0 Å². The predicted molar refractivity (Wildman–Crippen MR) is 54.2 cm³/mol. The Morgan fingerprint density at radius 1 is 1.44 bits per heavy atom. The highest BCUT2D eigenvalue weighted by Crippen LogP contribution is 2.44. The molecule has 0 bridgehead atoms. The van der Waals surface area contributed by atoms with Crippen molar-refractivity contribution >= 4 is 5.91 Å². The van der Waals surface area contributed by atoms with E-state index in [0.717, 1.165) is 12.8 Å². The predicted octanol–water partition coefficient (Wildman–Crippen LogP) is -0.142. The lowest BCUT2D eigenvalue weighted by Crippen LogP contribution is -2.65. The molecule has 3 rings (SSSR count). The number of hydrogen-bond donors (Lipinski definition) is 1. The van der Waals surface area contributed by atoms with Crippen LogP contribution in [0.25, 0.3) is 0 Å². The molecule has 0 spiro atoms.